The second kappa shape index (κ2) is 13.9. The summed E-state index contributed by atoms with van der Waals surface area (Å²) in [6.45, 7) is 9.85. The average molecular weight is 387 g/mol. The van der Waals surface area contributed by atoms with Crippen LogP contribution in [0.15, 0.2) is 0 Å². The van der Waals surface area contributed by atoms with Crippen LogP contribution in [0.4, 0.5) is 0 Å². The van der Waals surface area contributed by atoms with Crippen LogP contribution in [0.2, 0.25) is 0 Å². The number of unbranched alkanes of at least 4 members (excludes halogenated alkanes) is 2. The highest BCUT2D eigenvalue weighted by molar-refractivity contribution is 5.70. The summed E-state index contributed by atoms with van der Waals surface area (Å²) in [5.74, 6) is 0.301. The van der Waals surface area contributed by atoms with Crippen LogP contribution >= 0.6 is 0 Å². The van der Waals surface area contributed by atoms with E-state index >= 15 is 0 Å². The van der Waals surface area contributed by atoms with Crippen LogP contribution in [-0.2, 0) is 19.1 Å². The van der Waals surface area contributed by atoms with Gasteiger partial charge in [0.25, 0.3) is 0 Å². The summed E-state index contributed by atoms with van der Waals surface area (Å²) in [5, 5.41) is 0. The molecule has 0 heterocycles. The van der Waals surface area contributed by atoms with Gasteiger partial charge in [0, 0.05) is 37.8 Å². The maximum absolute atomic E-state index is 11.9. The minimum Gasteiger partial charge on any atom is -0.462 e. The number of esters is 2. The van der Waals surface area contributed by atoms with Crippen molar-refractivity contribution in [2.45, 2.75) is 72.0 Å². The highest BCUT2D eigenvalue weighted by Crippen LogP contribution is 2.13. The molecule has 0 radical (unpaired) electrons. The van der Waals surface area contributed by atoms with E-state index in [1.807, 2.05) is 42.0 Å². The molecule has 160 valence electrons. The minimum absolute atomic E-state index is 0.0829. The molecular weight excluding hydrogens is 344 g/mol. The maximum Gasteiger partial charge on any atom is 0.306 e. The lowest BCUT2D eigenvalue weighted by Gasteiger charge is -2.23. The quantitative estimate of drug-likeness (QED) is 0.337. The van der Waals surface area contributed by atoms with Gasteiger partial charge in [0.15, 0.2) is 0 Å². The summed E-state index contributed by atoms with van der Waals surface area (Å²) in [5.41, 5.74) is 0. The molecule has 0 aliphatic rings. The molecule has 0 fully saturated rings. The molecule has 0 unspecified atom stereocenters. The molecule has 0 aromatic rings. The topological polar surface area (TPSA) is 59.1 Å². The molecule has 0 saturated carbocycles. The third-order valence-corrected chi connectivity index (χ3v) is 4.81. The van der Waals surface area contributed by atoms with Gasteiger partial charge in [-0.15, -0.1) is 0 Å². The molecular formula is C21H42N2O4. The molecule has 27 heavy (non-hydrogen) atoms. The first-order valence-electron chi connectivity index (χ1n) is 10.2. The van der Waals surface area contributed by atoms with Gasteiger partial charge in [-0.2, -0.15) is 0 Å². The van der Waals surface area contributed by atoms with Crippen LogP contribution in [0, 0.1) is 11.8 Å². The van der Waals surface area contributed by atoms with Crippen molar-refractivity contribution < 1.29 is 19.1 Å². The summed E-state index contributed by atoms with van der Waals surface area (Å²) in [4.78, 5) is 28.0. The molecule has 0 bridgehead atoms. The highest BCUT2D eigenvalue weighted by atomic mass is 16.5. The molecule has 0 N–H and O–H groups in total. The smallest absolute Gasteiger partial charge is 0.306 e. The number of hydrogen-bond donors (Lipinski definition) is 0. The van der Waals surface area contributed by atoms with Gasteiger partial charge >= 0.3 is 11.9 Å². The van der Waals surface area contributed by atoms with Crippen LogP contribution in [0.5, 0.6) is 0 Å². The fourth-order valence-electron chi connectivity index (χ4n) is 2.93. The Balaban J connectivity index is 3.86. The Morgan fingerprint density at radius 1 is 0.667 bits per heavy atom. The zero-order valence-corrected chi connectivity index (χ0v) is 18.8. The van der Waals surface area contributed by atoms with Crippen LogP contribution in [0.1, 0.15) is 59.8 Å². The zero-order valence-electron chi connectivity index (χ0n) is 18.8. The van der Waals surface area contributed by atoms with Crippen molar-refractivity contribution in [1.82, 2.24) is 9.80 Å². The largest absolute Gasteiger partial charge is 0.462 e. The summed E-state index contributed by atoms with van der Waals surface area (Å²) in [6, 6.07) is 0. The number of carbonyl (C=O) groups excluding carboxylic acids is 2. The fraction of sp³-hybridized carbons (Fsp3) is 0.905. The van der Waals surface area contributed by atoms with E-state index in [2.05, 4.69) is 23.6 Å². The van der Waals surface area contributed by atoms with Crippen LogP contribution in [0.3, 0.4) is 0 Å². The van der Waals surface area contributed by atoms with Crippen molar-refractivity contribution in [2.75, 3.05) is 41.3 Å². The summed E-state index contributed by atoms with van der Waals surface area (Å²) < 4.78 is 11.0. The summed E-state index contributed by atoms with van der Waals surface area (Å²) in [7, 11) is 8.05. The van der Waals surface area contributed by atoms with Gasteiger partial charge < -0.3 is 19.3 Å². The first kappa shape index (κ1) is 25.9. The van der Waals surface area contributed by atoms with Crippen LogP contribution in [0.25, 0.3) is 0 Å². The van der Waals surface area contributed by atoms with Crippen molar-refractivity contribution in [1.29, 1.82) is 0 Å². The third kappa shape index (κ3) is 13.6. The van der Waals surface area contributed by atoms with Gasteiger partial charge in [-0.05, 0) is 54.9 Å². The SMILES string of the molecule is C[C@H](CN(C)C)[C@H](C)OC(=O)CCCCCC(=O)O[C@H](C)[C@@H](C)CN(C)C. The van der Waals surface area contributed by atoms with Gasteiger partial charge in [0.1, 0.15) is 12.2 Å². The van der Waals surface area contributed by atoms with Gasteiger partial charge in [-0.1, -0.05) is 20.3 Å². The van der Waals surface area contributed by atoms with Crippen molar-refractivity contribution in [3.63, 3.8) is 0 Å². The predicted octanol–water partition coefficient (Wildman–Crippen LogP) is 3.20. The Labute approximate surface area is 166 Å². The van der Waals surface area contributed by atoms with E-state index < -0.39 is 0 Å². The molecule has 0 aliphatic heterocycles. The zero-order chi connectivity index (χ0) is 21.0. The van der Waals surface area contributed by atoms with Crippen molar-refractivity contribution in [2.24, 2.45) is 11.8 Å². The fourth-order valence-corrected chi connectivity index (χ4v) is 2.93. The molecule has 6 nitrogen and oxygen atoms in total. The Morgan fingerprint density at radius 2 is 1.00 bits per heavy atom. The number of nitrogens with zero attached hydrogens (tertiary/aromatic N) is 2. The molecule has 0 aromatic heterocycles. The molecule has 4 atom stereocenters. The Hall–Kier alpha value is -1.14. The van der Waals surface area contributed by atoms with Crippen molar-refractivity contribution in [3.05, 3.63) is 0 Å². The number of rotatable bonds is 14. The number of ether oxygens (including phenoxy) is 2. The predicted molar refractivity (Wildman–Crippen MR) is 110 cm³/mol. The maximum atomic E-state index is 11.9. The molecule has 0 amide bonds. The van der Waals surface area contributed by atoms with E-state index in [0.717, 1.165) is 32.4 Å². The number of hydrogen-bond acceptors (Lipinski definition) is 6. The van der Waals surface area contributed by atoms with Crippen LogP contribution < -0.4 is 0 Å². The molecule has 0 saturated heterocycles. The highest BCUT2D eigenvalue weighted by Gasteiger charge is 2.18. The second-order valence-electron chi connectivity index (χ2n) is 8.43. The lowest BCUT2D eigenvalue weighted by Crippen LogP contribution is -2.30. The van der Waals surface area contributed by atoms with E-state index in [9.17, 15) is 9.59 Å². The molecule has 0 rings (SSSR count). The van der Waals surface area contributed by atoms with E-state index in [1.54, 1.807) is 0 Å². The molecule has 0 aromatic carbocycles. The Morgan fingerprint density at radius 3 is 1.30 bits per heavy atom. The molecule has 6 heteroatoms. The average Bonchev–Trinajstić information content (AvgIpc) is 2.52. The van der Waals surface area contributed by atoms with Gasteiger partial charge in [0.05, 0.1) is 0 Å². The molecule has 0 aliphatic carbocycles. The minimum atomic E-state index is -0.151. The van der Waals surface area contributed by atoms with E-state index in [-0.39, 0.29) is 24.1 Å². The van der Waals surface area contributed by atoms with E-state index in [1.165, 1.54) is 0 Å². The van der Waals surface area contributed by atoms with Gasteiger partial charge in [0.2, 0.25) is 0 Å². The van der Waals surface area contributed by atoms with Crippen molar-refractivity contribution >= 4 is 11.9 Å². The van der Waals surface area contributed by atoms with Gasteiger partial charge in [-0.25, -0.2) is 0 Å². The lowest BCUT2D eigenvalue weighted by atomic mass is 10.1. The van der Waals surface area contributed by atoms with Gasteiger partial charge in [-0.3, -0.25) is 9.59 Å². The van der Waals surface area contributed by atoms with E-state index in [4.69, 9.17) is 9.47 Å². The standard InChI is InChI=1S/C21H42N2O4/c1-16(14-22(5)6)18(3)26-20(24)12-10-9-11-13-21(25)27-19(4)17(2)15-23(7)8/h16-19H,9-15H2,1-8H3/t16-,17+,18+,19-. The summed E-state index contributed by atoms with van der Waals surface area (Å²) in [6.07, 6.45) is 2.96. The first-order chi connectivity index (χ1) is 12.5. The Bertz CT molecular complexity index is 388. The van der Waals surface area contributed by atoms with Crippen LogP contribution in [-0.4, -0.2) is 75.2 Å². The van der Waals surface area contributed by atoms with Crippen molar-refractivity contribution in [3.8, 4) is 0 Å². The lowest BCUT2D eigenvalue weighted by molar-refractivity contribution is -0.151. The monoisotopic (exact) mass is 386 g/mol. The first-order valence-corrected chi connectivity index (χ1v) is 10.2. The molecule has 0 spiro atoms. The Kier molecular flexibility index (Phi) is 13.4. The summed E-state index contributed by atoms with van der Waals surface area (Å²) >= 11 is 0. The normalized spacial score (nSPS) is 16.1. The second-order valence-corrected chi connectivity index (χ2v) is 8.43. The number of carbonyl (C=O) groups is 2. The van der Waals surface area contributed by atoms with E-state index in [0.29, 0.717) is 24.7 Å². The third-order valence-electron chi connectivity index (χ3n) is 4.81.